The van der Waals surface area contributed by atoms with Crippen molar-refractivity contribution in [2.24, 2.45) is 0 Å². The highest BCUT2D eigenvalue weighted by atomic mass is 32.1. The molecule has 0 bridgehead atoms. The van der Waals surface area contributed by atoms with Crippen molar-refractivity contribution in [2.45, 2.75) is 0 Å². The Hall–Kier alpha value is -1.29. The Morgan fingerprint density at radius 1 is 1.43 bits per heavy atom. The average Bonchev–Trinajstić information content (AvgIpc) is 2.64. The summed E-state index contributed by atoms with van der Waals surface area (Å²) in [4.78, 5) is 2.05. The normalized spacial score (nSPS) is 15.5. The van der Waals surface area contributed by atoms with Crippen LogP contribution in [0.1, 0.15) is 0 Å². The zero-order valence-electron chi connectivity index (χ0n) is 7.99. The molecule has 1 saturated heterocycles. The van der Waals surface area contributed by atoms with Gasteiger partial charge < -0.3 is 15.0 Å². The maximum absolute atomic E-state index is 5.28. The number of rotatable bonds is 2. The lowest BCUT2D eigenvalue weighted by atomic mass is 10.2. The van der Waals surface area contributed by atoms with E-state index in [1.165, 1.54) is 0 Å². The van der Waals surface area contributed by atoms with Crippen molar-refractivity contribution in [1.29, 1.82) is 0 Å². The molecule has 0 radical (unpaired) electrons. The monoisotopic (exact) mass is 208 g/mol. The first-order chi connectivity index (χ1) is 6.83. The average molecular weight is 208 g/mol. The molecule has 0 atom stereocenters. The molecule has 1 aliphatic heterocycles. The SMILES string of the molecule is COc1ccccc1N1CCNC1=S. The summed E-state index contributed by atoms with van der Waals surface area (Å²) in [5.74, 6) is 0.860. The number of nitrogens with zero attached hydrogens (tertiary/aromatic N) is 1. The summed E-state index contributed by atoms with van der Waals surface area (Å²) >= 11 is 5.19. The van der Waals surface area contributed by atoms with Gasteiger partial charge >= 0.3 is 0 Å². The summed E-state index contributed by atoms with van der Waals surface area (Å²) in [6.45, 7) is 1.80. The van der Waals surface area contributed by atoms with E-state index >= 15 is 0 Å². The molecule has 1 fully saturated rings. The smallest absolute Gasteiger partial charge is 0.173 e. The second-order valence-electron chi connectivity index (χ2n) is 3.06. The van der Waals surface area contributed by atoms with E-state index < -0.39 is 0 Å². The van der Waals surface area contributed by atoms with E-state index in [0.29, 0.717) is 0 Å². The van der Waals surface area contributed by atoms with E-state index in [1.807, 2.05) is 29.2 Å². The third-order valence-electron chi connectivity index (χ3n) is 2.23. The van der Waals surface area contributed by atoms with Crippen molar-refractivity contribution >= 4 is 23.0 Å². The number of para-hydroxylation sites is 2. The molecule has 0 spiro atoms. The predicted molar refractivity (Wildman–Crippen MR) is 60.9 cm³/mol. The number of benzene rings is 1. The van der Waals surface area contributed by atoms with Crippen molar-refractivity contribution in [3.05, 3.63) is 24.3 Å². The highest BCUT2D eigenvalue weighted by Crippen LogP contribution is 2.28. The molecule has 1 heterocycles. The van der Waals surface area contributed by atoms with E-state index in [4.69, 9.17) is 17.0 Å². The Labute approximate surface area is 88.7 Å². The Bertz CT molecular complexity index is 354. The van der Waals surface area contributed by atoms with Crippen LogP contribution in [0.4, 0.5) is 5.69 Å². The van der Waals surface area contributed by atoms with Gasteiger partial charge in [0.15, 0.2) is 5.11 Å². The topological polar surface area (TPSA) is 24.5 Å². The summed E-state index contributed by atoms with van der Waals surface area (Å²) in [5, 5.41) is 3.89. The van der Waals surface area contributed by atoms with Crippen molar-refractivity contribution in [1.82, 2.24) is 5.32 Å². The van der Waals surface area contributed by atoms with Crippen LogP contribution in [-0.4, -0.2) is 25.3 Å². The first-order valence-corrected chi connectivity index (χ1v) is 4.92. The van der Waals surface area contributed by atoms with Crippen LogP contribution in [0.25, 0.3) is 0 Å². The first-order valence-electron chi connectivity index (χ1n) is 4.51. The van der Waals surface area contributed by atoms with E-state index in [2.05, 4.69) is 5.32 Å². The lowest BCUT2D eigenvalue weighted by Gasteiger charge is -2.19. The Morgan fingerprint density at radius 2 is 2.21 bits per heavy atom. The molecule has 1 aliphatic rings. The quantitative estimate of drug-likeness (QED) is 0.742. The third-order valence-corrected chi connectivity index (χ3v) is 2.60. The van der Waals surface area contributed by atoms with Gasteiger partial charge in [0, 0.05) is 13.1 Å². The lowest BCUT2D eigenvalue weighted by molar-refractivity contribution is 0.415. The van der Waals surface area contributed by atoms with Crippen molar-refractivity contribution in [2.75, 3.05) is 25.1 Å². The number of thiocarbonyl (C=S) groups is 1. The van der Waals surface area contributed by atoms with Gasteiger partial charge in [0.1, 0.15) is 5.75 Å². The Kier molecular flexibility index (Phi) is 2.54. The van der Waals surface area contributed by atoms with Crippen LogP contribution < -0.4 is 15.0 Å². The van der Waals surface area contributed by atoms with E-state index in [0.717, 1.165) is 29.6 Å². The molecule has 3 nitrogen and oxygen atoms in total. The fourth-order valence-corrected chi connectivity index (χ4v) is 1.85. The predicted octanol–water partition coefficient (Wildman–Crippen LogP) is 1.39. The fraction of sp³-hybridized carbons (Fsp3) is 0.300. The molecule has 2 rings (SSSR count). The Morgan fingerprint density at radius 3 is 2.86 bits per heavy atom. The molecular weight excluding hydrogens is 196 g/mol. The molecule has 1 N–H and O–H groups in total. The van der Waals surface area contributed by atoms with Crippen molar-refractivity contribution in [3.63, 3.8) is 0 Å². The van der Waals surface area contributed by atoms with Crippen molar-refractivity contribution in [3.8, 4) is 5.75 Å². The van der Waals surface area contributed by atoms with Crippen LogP contribution in [0.3, 0.4) is 0 Å². The van der Waals surface area contributed by atoms with Gasteiger partial charge in [-0.25, -0.2) is 0 Å². The van der Waals surface area contributed by atoms with Crippen molar-refractivity contribution < 1.29 is 4.74 Å². The molecule has 0 saturated carbocycles. The summed E-state index contributed by atoms with van der Waals surface area (Å²) in [7, 11) is 1.67. The van der Waals surface area contributed by atoms with Gasteiger partial charge in [0.25, 0.3) is 0 Å². The van der Waals surface area contributed by atoms with E-state index in [9.17, 15) is 0 Å². The standard InChI is InChI=1S/C10H12N2OS/c1-13-9-5-3-2-4-8(9)12-7-6-11-10(12)14/h2-5H,6-7H2,1H3,(H,11,14). The molecule has 4 heteroatoms. The van der Waals surface area contributed by atoms with E-state index in [1.54, 1.807) is 7.11 Å². The molecule has 0 aromatic heterocycles. The summed E-state index contributed by atoms with van der Waals surface area (Å²) in [6.07, 6.45) is 0. The molecular formula is C10H12N2OS. The van der Waals surface area contributed by atoms with Gasteiger partial charge in [0.2, 0.25) is 0 Å². The summed E-state index contributed by atoms with van der Waals surface area (Å²) in [6, 6.07) is 7.89. The second kappa shape index (κ2) is 3.84. The zero-order valence-corrected chi connectivity index (χ0v) is 8.80. The summed E-state index contributed by atoms with van der Waals surface area (Å²) in [5.41, 5.74) is 1.03. The minimum Gasteiger partial charge on any atom is -0.495 e. The highest BCUT2D eigenvalue weighted by molar-refractivity contribution is 7.80. The second-order valence-corrected chi connectivity index (χ2v) is 3.44. The molecule has 0 unspecified atom stereocenters. The van der Waals surface area contributed by atoms with E-state index in [-0.39, 0.29) is 0 Å². The largest absolute Gasteiger partial charge is 0.495 e. The maximum Gasteiger partial charge on any atom is 0.173 e. The first kappa shape index (κ1) is 9.27. The minimum absolute atomic E-state index is 0.773. The van der Waals surface area contributed by atoms with Crippen LogP contribution in [0.5, 0.6) is 5.75 Å². The van der Waals surface area contributed by atoms with Crippen LogP contribution in [0.15, 0.2) is 24.3 Å². The number of ether oxygens (including phenoxy) is 1. The number of methoxy groups -OCH3 is 1. The van der Waals surface area contributed by atoms with Gasteiger partial charge in [-0.2, -0.15) is 0 Å². The fourth-order valence-electron chi connectivity index (χ4n) is 1.55. The highest BCUT2D eigenvalue weighted by Gasteiger charge is 2.20. The number of nitrogens with one attached hydrogen (secondary N) is 1. The van der Waals surface area contributed by atoms with Gasteiger partial charge in [-0.1, -0.05) is 12.1 Å². The molecule has 74 valence electrons. The minimum atomic E-state index is 0.773. The molecule has 14 heavy (non-hydrogen) atoms. The molecule has 0 aliphatic carbocycles. The number of hydrogen-bond acceptors (Lipinski definition) is 2. The number of anilines is 1. The van der Waals surface area contributed by atoms with Gasteiger partial charge in [-0.05, 0) is 24.4 Å². The van der Waals surface area contributed by atoms with Crippen LogP contribution in [-0.2, 0) is 0 Å². The summed E-state index contributed by atoms with van der Waals surface area (Å²) < 4.78 is 5.28. The van der Waals surface area contributed by atoms with Gasteiger partial charge in [0.05, 0.1) is 12.8 Å². The number of hydrogen-bond donors (Lipinski definition) is 1. The zero-order chi connectivity index (χ0) is 9.97. The molecule has 0 amide bonds. The van der Waals surface area contributed by atoms with Gasteiger partial charge in [-0.3, -0.25) is 0 Å². The lowest BCUT2D eigenvalue weighted by Crippen LogP contribution is -2.27. The van der Waals surface area contributed by atoms with Crippen LogP contribution >= 0.6 is 12.2 Å². The third kappa shape index (κ3) is 1.53. The van der Waals surface area contributed by atoms with Crippen LogP contribution in [0.2, 0.25) is 0 Å². The maximum atomic E-state index is 5.28. The Balaban J connectivity index is 2.35. The molecule has 1 aromatic rings. The van der Waals surface area contributed by atoms with Crippen LogP contribution in [0, 0.1) is 0 Å². The van der Waals surface area contributed by atoms with Gasteiger partial charge in [-0.15, -0.1) is 0 Å². The molecule has 1 aromatic carbocycles.